The summed E-state index contributed by atoms with van der Waals surface area (Å²) in [6.45, 7) is 8.43. The molecule has 2 nitrogen and oxygen atoms in total. The van der Waals surface area contributed by atoms with Gasteiger partial charge in [-0.15, -0.1) is 0 Å². The molecule has 0 saturated heterocycles. The van der Waals surface area contributed by atoms with Crippen molar-refractivity contribution in [2.24, 2.45) is 5.41 Å². The van der Waals surface area contributed by atoms with Gasteiger partial charge in [-0.2, -0.15) is 0 Å². The Kier molecular flexibility index (Phi) is 3.53. The van der Waals surface area contributed by atoms with Crippen LogP contribution in [0.4, 0.5) is 0 Å². The smallest absolute Gasteiger partial charge is 0.156 e. The van der Waals surface area contributed by atoms with Crippen molar-refractivity contribution in [1.82, 2.24) is 0 Å². The highest BCUT2D eigenvalue weighted by Crippen LogP contribution is 2.42. The summed E-state index contributed by atoms with van der Waals surface area (Å²) in [5.74, 6) is 1.09. The minimum Gasteiger partial charge on any atom is -0.496 e. The molecule has 0 aliphatic heterocycles. The van der Waals surface area contributed by atoms with Crippen LogP contribution < -0.4 is 4.74 Å². The Morgan fingerprint density at radius 2 is 1.84 bits per heavy atom. The fraction of sp³-hybridized carbons (Fsp3) is 0.471. The van der Waals surface area contributed by atoms with Crippen molar-refractivity contribution in [2.75, 3.05) is 7.11 Å². The lowest BCUT2D eigenvalue weighted by atomic mass is 9.74. The summed E-state index contributed by atoms with van der Waals surface area (Å²) >= 11 is 0. The second-order valence-corrected chi connectivity index (χ2v) is 6.31. The van der Waals surface area contributed by atoms with Crippen LogP contribution in [0.15, 0.2) is 18.2 Å². The molecule has 1 aromatic rings. The Balaban J connectivity index is 2.56. The average Bonchev–Trinajstić information content (AvgIpc) is 2.24. The van der Waals surface area contributed by atoms with E-state index < -0.39 is 0 Å². The number of allylic oxidation sites excluding steroid dienone is 2. The van der Waals surface area contributed by atoms with Crippen LogP contribution >= 0.6 is 0 Å². The van der Waals surface area contributed by atoms with Gasteiger partial charge in [0.1, 0.15) is 5.75 Å². The SMILES string of the molecule is COc1cc(C)cc(C)c1C1=CC(=O)CC(C)(C)C1. The van der Waals surface area contributed by atoms with Gasteiger partial charge in [-0.25, -0.2) is 0 Å². The van der Waals surface area contributed by atoms with Crippen LogP contribution in [0.5, 0.6) is 5.75 Å². The van der Waals surface area contributed by atoms with Crippen molar-refractivity contribution in [3.8, 4) is 5.75 Å². The molecule has 0 unspecified atom stereocenters. The molecule has 1 aliphatic rings. The highest BCUT2D eigenvalue weighted by atomic mass is 16.5. The molecule has 0 N–H and O–H groups in total. The molecule has 2 heteroatoms. The highest BCUT2D eigenvalue weighted by molar-refractivity contribution is 6.00. The van der Waals surface area contributed by atoms with Crippen molar-refractivity contribution in [3.05, 3.63) is 34.9 Å². The van der Waals surface area contributed by atoms with Crippen molar-refractivity contribution in [2.45, 2.75) is 40.5 Å². The van der Waals surface area contributed by atoms with Gasteiger partial charge >= 0.3 is 0 Å². The minimum atomic E-state index is 0.0313. The standard InChI is InChI=1S/C17H22O2/c1-11-6-12(2)16(15(7-11)19-5)13-8-14(18)10-17(3,4)9-13/h6-8H,9-10H2,1-5H3. The van der Waals surface area contributed by atoms with E-state index in [1.807, 2.05) is 6.07 Å². The van der Waals surface area contributed by atoms with Gasteiger partial charge in [0.2, 0.25) is 0 Å². The van der Waals surface area contributed by atoms with Gasteiger partial charge in [-0.1, -0.05) is 19.9 Å². The van der Waals surface area contributed by atoms with Crippen LogP contribution in [0.2, 0.25) is 0 Å². The summed E-state index contributed by atoms with van der Waals surface area (Å²) in [6.07, 6.45) is 3.34. The Morgan fingerprint density at radius 1 is 1.16 bits per heavy atom. The topological polar surface area (TPSA) is 26.3 Å². The van der Waals surface area contributed by atoms with E-state index in [-0.39, 0.29) is 11.2 Å². The molecule has 0 atom stereocenters. The molecule has 2 rings (SSSR count). The van der Waals surface area contributed by atoms with Crippen molar-refractivity contribution in [3.63, 3.8) is 0 Å². The van der Waals surface area contributed by atoms with Crippen LogP contribution in [0, 0.1) is 19.3 Å². The Labute approximate surface area is 115 Å². The van der Waals surface area contributed by atoms with E-state index in [9.17, 15) is 4.79 Å². The van der Waals surface area contributed by atoms with Gasteiger partial charge < -0.3 is 4.74 Å². The maximum atomic E-state index is 11.9. The lowest BCUT2D eigenvalue weighted by Crippen LogP contribution is -2.21. The first-order valence-corrected chi connectivity index (χ1v) is 6.71. The first-order chi connectivity index (χ1) is 8.82. The number of rotatable bonds is 2. The van der Waals surface area contributed by atoms with Crippen LogP contribution in [0.25, 0.3) is 5.57 Å². The first-order valence-electron chi connectivity index (χ1n) is 6.71. The molecular formula is C17H22O2. The van der Waals surface area contributed by atoms with Gasteiger partial charge in [0.25, 0.3) is 0 Å². The van der Waals surface area contributed by atoms with Gasteiger partial charge in [0.05, 0.1) is 7.11 Å². The van der Waals surface area contributed by atoms with Crippen LogP contribution in [-0.2, 0) is 4.79 Å². The summed E-state index contributed by atoms with van der Waals surface area (Å²) in [5, 5.41) is 0. The van der Waals surface area contributed by atoms with Crippen molar-refractivity contribution in [1.29, 1.82) is 0 Å². The number of hydrogen-bond acceptors (Lipinski definition) is 2. The summed E-state index contributed by atoms with van der Waals surface area (Å²) < 4.78 is 5.51. The van der Waals surface area contributed by atoms with Crippen LogP contribution in [0.1, 0.15) is 43.4 Å². The second-order valence-electron chi connectivity index (χ2n) is 6.31. The van der Waals surface area contributed by atoms with Gasteiger partial charge in [0.15, 0.2) is 5.78 Å². The third-order valence-electron chi connectivity index (χ3n) is 3.64. The monoisotopic (exact) mass is 258 g/mol. The van der Waals surface area contributed by atoms with E-state index in [0.29, 0.717) is 6.42 Å². The molecule has 0 saturated carbocycles. The molecule has 0 fully saturated rings. The fourth-order valence-electron chi connectivity index (χ4n) is 3.01. The number of hydrogen-bond donors (Lipinski definition) is 0. The zero-order chi connectivity index (χ0) is 14.2. The molecule has 1 aromatic carbocycles. The molecule has 0 heterocycles. The molecule has 102 valence electrons. The highest BCUT2D eigenvalue weighted by Gasteiger charge is 2.29. The predicted octanol–water partition coefficient (Wildman–Crippen LogP) is 4.08. The summed E-state index contributed by atoms with van der Waals surface area (Å²) in [5.41, 5.74) is 4.59. The number of methoxy groups -OCH3 is 1. The Bertz CT molecular complexity index is 551. The van der Waals surface area contributed by atoms with E-state index in [2.05, 4.69) is 33.8 Å². The maximum Gasteiger partial charge on any atom is 0.156 e. The van der Waals surface area contributed by atoms with Gasteiger partial charge in [0, 0.05) is 12.0 Å². The molecule has 0 radical (unpaired) electrons. The zero-order valence-corrected chi connectivity index (χ0v) is 12.5. The lowest BCUT2D eigenvalue weighted by molar-refractivity contribution is -0.116. The quantitative estimate of drug-likeness (QED) is 0.798. The molecule has 0 spiro atoms. The lowest BCUT2D eigenvalue weighted by Gasteiger charge is -2.30. The van der Waals surface area contributed by atoms with Crippen molar-refractivity contribution >= 4 is 11.4 Å². The number of ketones is 1. The molecule has 0 aromatic heterocycles. The molecule has 19 heavy (non-hydrogen) atoms. The van der Waals surface area contributed by atoms with E-state index in [1.165, 1.54) is 11.1 Å². The zero-order valence-electron chi connectivity index (χ0n) is 12.5. The van der Waals surface area contributed by atoms with Crippen LogP contribution in [0.3, 0.4) is 0 Å². The summed E-state index contributed by atoms with van der Waals surface area (Å²) in [6, 6.07) is 4.18. The number of benzene rings is 1. The largest absolute Gasteiger partial charge is 0.496 e. The number of aryl methyl sites for hydroxylation is 2. The second kappa shape index (κ2) is 4.84. The Hall–Kier alpha value is -1.57. The van der Waals surface area contributed by atoms with E-state index in [4.69, 9.17) is 4.74 Å². The van der Waals surface area contributed by atoms with E-state index in [1.54, 1.807) is 13.2 Å². The first kappa shape index (κ1) is 13.9. The maximum absolute atomic E-state index is 11.9. The number of ether oxygens (including phenoxy) is 1. The van der Waals surface area contributed by atoms with Crippen LogP contribution in [-0.4, -0.2) is 12.9 Å². The summed E-state index contributed by atoms with van der Waals surface area (Å²) in [7, 11) is 1.69. The van der Waals surface area contributed by atoms with E-state index in [0.717, 1.165) is 23.3 Å². The predicted molar refractivity (Wildman–Crippen MR) is 78.5 cm³/mol. The molecular weight excluding hydrogens is 236 g/mol. The molecule has 0 amide bonds. The van der Waals surface area contributed by atoms with Gasteiger partial charge in [-0.3, -0.25) is 4.79 Å². The molecule has 1 aliphatic carbocycles. The average molecular weight is 258 g/mol. The number of carbonyl (C=O) groups excluding carboxylic acids is 1. The third kappa shape index (κ3) is 2.89. The fourth-order valence-corrected chi connectivity index (χ4v) is 3.01. The normalized spacial score (nSPS) is 18.2. The minimum absolute atomic E-state index is 0.0313. The molecule has 0 bridgehead atoms. The van der Waals surface area contributed by atoms with Gasteiger partial charge in [-0.05, 0) is 54.5 Å². The van der Waals surface area contributed by atoms with Crippen molar-refractivity contribution < 1.29 is 9.53 Å². The summed E-state index contributed by atoms with van der Waals surface area (Å²) in [4.78, 5) is 11.9. The Morgan fingerprint density at radius 3 is 2.42 bits per heavy atom. The third-order valence-corrected chi connectivity index (χ3v) is 3.64. The van der Waals surface area contributed by atoms with E-state index >= 15 is 0 Å². The number of carbonyl (C=O) groups is 1.